The monoisotopic (exact) mass is 201 g/mol. The van der Waals surface area contributed by atoms with Crippen molar-refractivity contribution in [3.63, 3.8) is 0 Å². The topological polar surface area (TPSA) is 41.6 Å². The van der Waals surface area contributed by atoms with E-state index in [9.17, 15) is 0 Å². The Hall–Kier alpha value is -1.64. The number of rotatable bonds is 5. The van der Waals surface area contributed by atoms with Gasteiger partial charge >= 0.3 is 0 Å². The molecule has 0 amide bonds. The molecule has 2 aromatic rings. The fourth-order valence-electron chi connectivity index (χ4n) is 1.61. The standard InChI is InChI=1S/C12H15N3/c1(2-6-12-7-9-14-15-12)4-11-5-3-8-13-10-11/h3,5,7-10H,1-2,4,6H2,(H,14,15). The quantitative estimate of drug-likeness (QED) is 0.754. The molecular formula is C12H15N3. The largest absolute Gasteiger partial charge is 0.283 e. The van der Waals surface area contributed by atoms with Gasteiger partial charge in [0.25, 0.3) is 0 Å². The predicted molar refractivity (Wildman–Crippen MR) is 59.5 cm³/mol. The predicted octanol–water partition coefficient (Wildman–Crippen LogP) is 2.37. The molecule has 0 aromatic carbocycles. The van der Waals surface area contributed by atoms with Crippen molar-refractivity contribution in [1.29, 1.82) is 0 Å². The van der Waals surface area contributed by atoms with Gasteiger partial charge in [-0.15, -0.1) is 0 Å². The van der Waals surface area contributed by atoms with E-state index in [4.69, 9.17) is 0 Å². The number of hydrogen-bond acceptors (Lipinski definition) is 2. The summed E-state index contributed by atoms with van der Waals surface area (Å²) in [5.74, 6) is 0. The van der Waals surface area contributed by atoms with Crippen LogP contribution >= 0.6 is 0 Å². The van der Waals surface area contributed by atoms with Crippen LogP contribution in [-0.4, -0.2) is 15.2 Å². The van der Waals surface area contributed by atoms with Crippen LogP contribution in [-0.2, 0) is 12.8 Å². The van der Waals surface area contributed by atoms with Crippen molar-refractivity contribution < 1.29 is 0 Å². The molecule has 2 aromatic heterocycles. The Morgan fingerprint density at radius 1 is 1.07 bits per heavy atom. The Kier molecular flexibility index (Phi) is 3.49. The molecule has 0 fully saturated rings. The second-order valence-electron chi connectivity index (χ2n) is 3.65. The van der Waals surface area contributed by atoms with Gasteiger partial charge in [0.15, 0.2) is 0 Å². The highest BCUT2D eigenvalue weighted by molar-refractivity contribution is 5.08. The Balaban J connectivity index is 1.68. The lowest BCUT2D eigenvalue weighted by molar-refractivity contribution is 0.719. The van der Waals surface area contributed by atoms with E-state index in [1.165, 1.54) is 24.1 Å². The third kappa shape index (κ3) is 3.20. The van der Waals surface area contributed by atoms with E-state index in [2.05, 4.69) is 21.2 Å². The normalized spacial score (nSPS) is 10.4. The van der Waals surface area contributed by atoms with Crippen LogP contribution in [0.2, 0.25) is 0 Å². The molecule has 0 radical (unpaired) electrons. The summed E-state index contributed by atoms with van der Waals surface area (Å²) in [4.78, 5) is 4.10. The number of H-pyrrole nitrogens is 1. The van der Waals surface area contributed by atoms with Gasteiger partial charge in [-0.05, 0) is 43.4 Å². The summed E-state index contributed by atoms with van der Waals surface area (Å²) in [6.45, 7) is 0. The first kappa shape index (κ1) is 9.90. The molecule has 3 nitrogen and oxygen atoms in total. The van der Waals surface area contributed by atoms with Crippen LogP contribution in [0.5, 0.6) is 0 Å². The summed E-state index contributed by atoms with van der Waals surface area (Å²) in [5, 5.41) is 6.90. The van der Waals surface area contributed by atoms with E-state index < -0.39 is 0 Å². The molecule has 2 rings (SSSR count). The van der Waals surface area contributed by atoms with Gasteiger partial charge < -0.3 is 0 Å². The number of unbranched alkanes of at least 4 members (excludes halogenated alkanes) is 1. The number of pyridine rings is 1. The van der Waals surface area contributed by atoms with Crippen LogP contribution in [0.3, 0.4) is 0 Å². The number of aromatic amines is 1. The van der Waals surface area contributed by atoms with Crippen LogP contribution in [0, 0.1) is 0 Å². The molecule has 0 aliphatic heterocycles. The van der Waals surface area contributed by atoms with Crippen LogP contribution in [0.15, 0.2) is 36.8 Å². The van der Waals surface area contributed by atoms with Crippen LogP contribution in [0.25, 0.3) is 0 Å². The summed E-state index contributed by atoms with van der Waals surface area (Å²) in [7, 11) is 0. The number of hydrogen-bond donors (Lipinski definition) is 1. The minimum absolute atomic E-state index is 1.08. The zero-order valence-corrected chi connectivity index (χ0v) is 8.69. The van der Waals surface area contributed by atoms with E-state index >= 15 is 0 Å². The third-order valence-corrected chi connectivity index (χ3v) is 2.44. The van der Waals surface area contributed by atoms with Gasteiger partial charge in [-0.25, -0.2) is 0 Å². The first-order valence-corrected chi connectivity index (χ1v) is 5.32. The van der Waals surface area contributed by atoms with Crippen molar-refractivity contribution in [3.8, 4) is 0 Å². The number of nitrogens with zero attached hydrogens (tertiary/aromatic N) is 2. The van der Waals surface area contributed by atoms with Crippen molar-refractivity contribution in [2.24, 2.45) is 0 Å². The molecule has 0 aliphatic rings. The molecule has 0 atom stereocenters. The average molecular weight is 201 g/mol. The fraction of sp³-hybridized carbons (Fsp3) is 0.333. The minimum atomic E-state index is 1.08. The summed E-state index contributed by atoms with van der Waals surface area (Å²) >= 11 is 0. The summed E-state index contributed by atoms with van der Waals surface area (Å²) in [6.07, 6.45) is 10.1. The lowest BCUT2D eigenvalue weighted by Crippen LogP contribution is -1.90. The third-order valence-electron chi connectivity index (χ3n) is 2.44. The second kappa shape index (κ2) is 5.29. The molecule has 0 saturated carbocycles. The molecule has 3 heteroatoms. The molecule has 0 bridgehead atoms. The molecule has 0 spiro atoms. The first-order valence-electron chi connectivity index (χ1n) is 5.32. The van der Waals surface area contributed by atoms with Crippen molar-refractivity contribution >= 4 is 0 Å². The fourth-order valence-corrected chi connectivity index (χ4v) is 1.61. The Morgan fingerprint density at radius 2 is 2.00 bits per heavy atom. The number of aryl methyl sites for hydroxylation is 2. The van der Waals surface area contributed by atoms with Crippen molar-refractivity contribution in [1.82, 2.24) is 15.2 Å². The SMILES string of the molecule is c1cncc(CCCCc2ccn[nH]2)c1. The molecule has 15 heavy (non-hydrogen) atoms. The maximum Gasteiger partial charge on any atom is 0.0490 e. The number of nitrogens with one attached hydrogen (secondary N) is 1. The maximum atomic E-state index is 4.10. The Morgan fingerprint density at radius 3 is 2.73 bits per heavy atom. The highest BCUT2D eigenvalue weighted by Crippen LogP contribution is 2.06. The molecule has 78 valence electrons. The van der Waals surface area contributed by atoms with Gasteiger partial charge in [0, 0.05) is 24.3 Å². The van der Waals surface area contributed by atoms with Gasteiger partial charge in [0.1, 0.15) is 0 Å². The van der Waals surface area contributed by atoms with Gasteiger partial charge in [-0.1, -0.05) is 6.07 Å². The summed E-state index contributed by atoms with van der Waals surface area (Å²) in [6, 6.07) is 6.15. The summed E-state index contributed by atoms with van der Waals surface area (Å²) < 4.78 is 0. The van der Waals surface area contributed by atoms with Gasteiger partial charge in [0.05, 0.1) is 0 Å². The minimum Gasteiger partial charge on any atom is -0.283 e. The van der Waals surface area contributed by atoms with Gasteiger partial charge in [0.2, 0.25) is 0 Å². The van der Waals surface area contributed by atoms with Crippen molar-refractivity contribution in [2.45, 2.75) is 25.7 Å². The second-order valence-corrected chi connectivity index (χ2v) is 3.65. The van der Waals surface area contributed by atoms with E-state index in [1.54, 1.807) is 6.20 Å². The van der Waals surface area contributed by atoms with Crippen LogP contribution in [0.1, 0.15) is 24.1 Å². The average Bonchev–Trinajstić information content (AvgIpc) is 2.79. The van der Waals surface area contributed by atoms with E-state index in [0.29, 0.717) is 0 Å². The molecule has 0 saturated heterocycles. The Labute approximate surface area is 89.6 Å². The van der Waals surface area contributed by atoms with Crippen LogP contribution < -0.4 is 0 Å². The lowest BCUT2D eigenvalue weighted by Gasteiger charge is -1.99. The first-order chi connectivity index (χ1) is 7.45. The zero-order valence-electron chi connectivity index (χ0n) is 8.69. The summed E-state index contributed by atoms with van der Waals surface area (Å²) in [5.41, 5.74) is 2.54. The number of aromatic nitrogens is 3. The van der Waals surface area contributed by atoms with E-state index in [-0.39, 0.29) is 0 Å². The zero-order chi connectivity index (χ0) is 10.3. The van der Waals surface area contributed by atoms with Crippen LogP contribution in [0.4, 0.5) is 0 Å². The molecule has 0 unspecified atom stereocenters. The highest BCUT2D eigenvalue weighted by atomic mass is 15.1. The van der Waals surface area contributed by atoms with E-state index in [1.807, 2.05) is 24.5 Å². The Bertz CT molecular complexity index is 367. The lowest BCUT2D eigenvalue weighted by atomic mass is 10.1. The van der Waals surface area contributed by atoms with Crippen molar-refractivity contribution in [3.05, 3.63) is 48.0 Å². The maximum absolute atomic E-state index is 4.10. The van der Waals surface area contributed by atoms with Gasteiger partial charge in [-0.2, -0.15) is 5.10 Å². The molecule has 2 heterocycles. The highest BCUT2D eigenvalue weighted by Gasteiger charge is 1.95. The molecular weight excluding hydrogens is 186 g/mol. The molecule has 0 aliphatic carbocycles. The van der Waals surface area contributed by atoms with E-state index in [0.717, 1.165) is 12.8 Å². The van der Waals surface area contributed by atoms with Gasteiger partial charge in [-0.3, -0.25) is 10.1 Å². The smallest absolute Gasteiger partial charge is 0.0490 e. The molecule has 1 N–H and O–H groups in total. The van der Waals surface area contributed by atoms with Crippen molar-refractivity contribution in [2.75, 3.05) is 0 Å².